The van der Waals surface area contributed by atoms with Crippen LogP contribution in [0.3, 0.4) is 0 Å². The zero-order valence-corrected chi connectivity index (χ0v) is 11.7. The second-order valence-corrected chi connectivity index (χ2v) is 5.32. The summed E-state index contributed by atoms with van der Waals surface area (Å²) in [6.45, 7) is 2.81. The number of aromatic nitrogens is 1. The topological polar surface area (TPSA) is 31.2 Å². The quantitative estimate of drug-likeness (QED) is 0.778. The fraction of sp³-hybridized carbons (Fsp3) is 0.353. The predicted octanol–water partition coefficient (Wildman–Crippen LogP) is 3.47. The number of carbonyl (C=O) groups excluding carboxylic acids is 1. The van der Waals surface area contributed by atoms with Gasteiger partial charge in [0, 0.05) is 30.8 Å². The second kappa shape index (κ2) is 5.53. The van der Waals surface area contributed by atoms with E-state index in [1.54, 1.807) is 0 Å². The van der Waals surface area contributed by atoms with Gasteiger partial charge in [0.15, 0.2) is 5.78 Å². The van der Waals surface area contributed by atoms with Crippen molar-refractivity contribution in [2.75, 3.05) is 0 Å². The van der Waals surface area contributed by atoms with E-state index >= 15 is 0 Å². The molecule has 0 spiro atoms. The lowest BCUT2D eigenvalue weighted by atomic mass is 10.1. The Morgan fingerprint density at radius 3 is 3.00 bits per heavy atom. The zero-order chi connectivity index (χ0) is 13.9. The van der Waals surface area contributed by atoms with Crippen LogP contribution in [0.2, 0.25) is 0 Å². The summed E-state index contributed by atoms with van der Waals surface area (Å²) in [5, 5.41) is 0. The van der Waals surface area contributed by atoms with E-state index in [1.807, 2.05) is 43.6 Å². The lowest BCUT2D eigenvalue weighted by molar-refractivity contribution is 0.0981. The Morgan fingerprint density at radius 1 is 1.35 bits per heavy atom. The molecule has 104 valence electrons. The average molecular weight is 269 g/mol. The van der Waals surface area contributed by atoms with Crippen molar-refractivity contribution in [1.82, 2.24) is 4.57 Å². The van der Waals surface area contributed by atoms with Crippen molar-refractivity contribution in [2.45, 2.75) is 38.8 Å². The van der Waals surface area contributed by atoms with E-state index in [2.05, 4.69) is 10.6 Å². The molecule has 0 bridgehead atoms. The molecule has 3 rings (SSSR count). The van der Waals surface area contributed by atoms with Crippen molar-refractivity contribution in [3.8, 4) is 5.75 Å². The second-order valence-electron chi connectivity index (χ2n) is 5.32. The van der Waals surface area contributed by atoms with E-state index in [0.29, 0.717) is 6.42 Å². The number of nitrogens with zero attached hydrogens (tertiary/aromatic N) is 1. The minimum absolute atomic E-state index is 0.161. The minimum Gasteiger partial charge on any atom is -0.488 e. The Balaban J connectivity index is 1.64. The van der Waals surface area contributed by atoms with E-state index in [9.17, 15) is 4.79 Å². The summed E-state index contributed by atoms with van der Waals surface area (Å²) in [4.78, 5) is 11.8. The fourth-order valence-corrected chi connectivity index (χ4v) is 2.68. The van der Waals surface area contributed by atoms with Crippen molar-refractivity contribution in [2.24, 2.45) is 0 Å². The molecule has 1 unspecified atom stereocenters. The van der Waals surface area contributed by atoms with Gasteiger partial charge in [-0.15, -0.1) is 0 Å². The molecule has 1 atom stereocenters. The smallest absolute Gasteiger partial charge is 0.164 e. The van der Waals surface area contributed by atoms with Crippen molar-refractivity contribution < 1.29 is 9.53 Å². The summed E-state index contributed by atoms with van der Waals surface area (Å²) in [7, 11) is 0. The highest BCUT2D eigenvalue weighted by atomic mass is 16.5. The Hall–Kier alpha value is -2.03. The third-order valence-corrected chi connectivity index (χ3v) is 3.68. The molecule has 3 nitrogen and oxygen atoms in total. The largest absolute Gasteiger partial charge is 0.488 e. The minimum atomic E-state index is 0.161. The fourth-order valence-electron chi connectivity index (χ4n) is 2.68. The van der Waals surface area contributed by atoms with Crippen molar-refractivity contribution in [3.63, 3.8) is 0 Å². The Bertz CT molecular complexity index is 590. The van der Waals surface area contributed by atoms with E-state index in [1.165, 1.54) is 5.56 Å². The molecule has 1 aliphatic heterocycles. The number of para-hydroxylation sites is 1. The van der Waals surface area contributed by atoms with Gasteiger partial charge >= 0.3 is 0 Å². The van der Waals surface area contributed by atoms with Gasteiger partial charge in [-0.3, -0.25) is 4.79 Å². The highest BCUT2D eigenvalue weighted by Gasteiger charge is 2.22. The number of ketones is 1. The maximum atomic E-state index is 11.8. The Morgan fingerprint density at radius 2 is 2.20 bits per heavy atom. The molecule has 0 N–H and O–H groups in total. The molecular formula is C17H19NO2. The number of carbonyl (C=O) groups is 1. The molecule has 1 aromatic heterocycles. The van der Waals surface area contributed by atoms with Crippen LogP contribution < -0.4 is 4.74 Å². The van der Waals surface area contributed by atoms with Crippen LogP contribution in [0.25, 0.3) is 0 Å². The zero-order valence-electron chi connectivity index (χ0n) is 11.7. The third kappa shape index (κ3) is 2.62. The molecule has 0 aliphatic carbocycles. The van der Waals surface area contributed by atoms with E-state index in [0.717, 1.165) is 30.7 Å². The number of ether oxygens (including phenoxy) is 1. The summed E-state index contributed by atoms with van der Waals surface area (Å²) in [5.74, 6) is 1.22. The number of benzene rings is 1. The average Bonchev–Trinajstić information content (AvgIpc) is 3.05. The normalized spacial score (nSPS) is 16.8. The van der Waals surface area contributed by atoms with Crippen LogP contribution >= 0.6 is 0 Å². The molecule has 0 saturated heterocycles. The van der Waals surface area contributed by atoms with Crippen LogP contribution in [0.15, 0.2) is 42.7 Å². The van der Waals surface area contributed by atoms with Gasteiger partial charge in [-0.1, -0.05) is 25.1 Å². The number of rotatable bonds is 5. The maximum Gasteiger partial charge on any atom is 0.164 e. The molecule has 1 aliphatic rings. The molecule has 0 radical (unpaired) electrons. The first-order valence-corrected chi connectivity index (χ1v) is 7.20. The molecular weight excluding hydrogens is 250 g/mol. The van der Waals surface area contributed by atoms with Crippen LogP contribution in [0.1, 0.15) is 35.7 Å². The van der Waals surface area contributed by atoms with Gasteiger partial charge in [-0.2, -0.15) is 0 Å². The van der Waals surface area contributed by atoms with Gasteiger partial charge < -0.3 is 9.30 Å². The van der Waals surface area contributed by atoms with Crippen LogP contribution in [0.4, 0.5) is 0 Å². The molecule has 0 saturated carbocycles. The van der Waals surface area contributed by atoms with Gasteiger partial charge in [-0.05, 0) is 24.1 Å². The first-order chi connectivity index (χ1) is 9.76. The number of fused-ring (bicyclic) bond motifs is 1. The molecule has 20 heavy (non-hydrogen) atoms. The van der Waals surface area contributed by atoms with E-state index < -0.39 is 0 Å². The summed E-state index contributed by atoms with van der Waals surface area (Å²) in [5.41, 5.74) is 2.08. The van der Waals surface area contributed by atoms with Crippen LogP contribution in [-0.4, -0.2) is 16.5 Å². The first kappa shape index (κ1) is 13.0. The van der Waals surface area contributed by atoms with Crippen LogP contribution in [0, 0.1) is 0 Å². The number of hydrogen-bond donors (Lipinski definition) is 0. The molecule has 2 aromatic rings. The molecule has 3 heteroatoms. The Labute approximate surface area is 119 Å². The summed E-state index contributed by atoms with van der Waals surface area (Å²) in [6, 6.07) is 10.1. The van der Waals surface area contributed by atoms with Crippen LogP contribution in [-0.2, 0) is 13.0 Å². The van der Waals surface area contributed by atoms with Gasteiger partial charge in [-0.25, -0.2) is 0 Å². The van der Waals surface area contributed by atoms with Gasteiger partial charge in [0.2, 0.25) is 0 Å². The predicted molar refractivity (Wildman–Crippen MR) is 78.2 cm³/mol. The lowest BCUT2D eigenvalue weighted by Crippen LogP contribution is -2.19. The van der Waals surface area contributed by atoms with Crippen molar-refractivity contribution in [3.05, 3.63) is 53.9 Å². The Kier molecular flexibility index (Phi) is 3.59. The number of hydrogen-bond acceptors (Lipinski definition) is 2. The molecule has 0 fully saturated rings. The standard InChI is InChI=1S/C17H19NO2/c1-2-5-16(19)14-8-9-18(11-14)12-15-10-13-6-3-4-7-17(13)20-15/h3-4,6-9,11,15H,2,5,10,12H2,1H3. The highest BCUT2D eigenvalue weighted by molar-refractivity contribution is 5.95. The number of Topliss-reactive ketones (excluding diaryl/α,β-unsaturated/α-hetero) is 1. The monoisotopic (exact) mass is 269 g/mol. The summed E-state index contributed by atoms with van der Waals surface area (Å²) in [6.07, 6.45) is 6.51. The summed E-state index contributed by atoms with van der Waals surface area (Å²) >= 11 is 0. The first-order valence-electron chi connectivity index (χ1n) is 7.20. The SMILES string of the molecule is CCCC(=O)c1ccn(CC2Cc3ccccc3O2)c1. The van der Waals surface area contributed by atoms with E-state index in [-0.39, 0.29) is 11.9 Å². The van der Waals surface area contributed by atoms with Crippen LogP contribution in [0.5, 0.6) is 5.75 Å². The molecule has 1 aromatic carbocycles. The van der Waals surface area contributed by atoms with E-state index in [4.69, 9.17) is 4.74 Å². The third-order valence-electron chi connectivity index (χ3n) is 3.68. The van der Waals surface area contributed by atoms with Crippen molar-refractivity contribution >= 4 is 5.78 Å². The summed E-state index contributed by atoms with van der Waals surface area (Å²) < 4.78 is 7.98. The highest BCUT2D eigenvalue weighted by Crippen LogP contribution is 2.28. The molecule has 0 amide bonds. The van der Waals surface area contributed by atoms with Gasteiger partial charge in [0.1, 0.15) is 11.9 Å². The van der Waals surface area contributed by atoms with Gasteiger partial charge in [0.05, 0.1) is 6.54 Å². The van der Waals surface area contributed by atoms with Crippen molar-refractivity contribution in [1.29, 1.82) is 0 Å². The maximum absolute atomic E-state index is 11.8. The lowest BCUT2D eigenvalue weighted by Gasteiger charge is -2.11. The van der Waals surface area contributed by atoms with Gasteiger partial charge in [0.25, 0.3) is 0 Å². The molecule has 2 heterocycles.